The first-order valence-electron chi connectivity index (χ1n) is 9.31. The maximum Gasteiger partial charge on any atom is 0.255 e. The predicted molar refractivity (Wildman–Crippen MR) is 111 cm³/mol. The number of fused-ring (bicyclic) bond motifs is 1. The van der Waals surface area contributed by atoms with Gasteiger partial charge in [0.15, 0.2) is 0 Å². The molecule has 0 unspecified atom stereocenters. The van der Waals surface area contributed by atoms with Crippen molar-refractivity contribution in [3.05, 3.63) is 77.2 Å². The van der Waals surface area contributed by atoms with Gasteiger partial charge in [0.05, 0.1) is 16.6 Å². The van der Waals surface area contributed by atoms with Gasteiger partial charge in [-0.3, -0.25) is 4.79 Å². The third-order valence-electron chi connectivity index (χ3n) is 4.11. The highest BCUT2D eigenvalue weighted by molar-refractivity contribution is 5.87. The molecule has 6 nitrogen and oxygen atoms in total. The topological polar surface area (TPSA) is 80.8 Å². The van der Waals surface area contributed by atoms with E-state index >= 15 is 0 Å². The Kier molecular flexibility index (Phi) is 6.11. The van der Waals surface area contributed by atoms with Crippen LogP contribution in [0.25, 0.3) is 22.0 Å². The molecule has 3 aromatic heterocycles. The van der Waals surface area contributed by atoms with Crippen LogP contribution in [0.1, 0.15) is 26.5 Å². The molecular weight excluding hydrogens is 352 g/mol. The van der Waals surface area contributed by atoms with E-state index in [0.29, 0.717) is 17.0 Å². The van der Waals surface area contributed by atoms with Crippen molar-refractivity contribution >= 4 is 10.8 Å². The van der Waals surface area contributed by atoms with Gasteiger partial charge in [0.25, 0.3) is 5.56 Å². The van der Waals surface area contributed by atoms with Crippen molar-refractivity contribution in [1.29, 1.82) is 0 Å². The van der Waals surface area contributed by atoms with Crippen LogP contribution in [-0.2, 0) is 6.42 Å². The molecule has 6 heteroatoms. The lowest BCUT2D eigenvalue weighted by Gasteiger charge is -2.11. The molecule has 0 spiro atoms. The summed E-state index contributed by atoms with van der Waals surface area (Å²) in [6.45, 7) is 6.04. The second-order valence-electron chi connectivity index (χ2n) is 5.73. The molecule has 28 heavy (non-hydrogen) atoms. The number of hydrogen-bond acceptors (Lipinski definition) is 5. The maximum absolute atomic E-state index is 12.0. The van der Waals surface area contributed by atoms with Crippen LogP contribution in [0, 0.1) is 0 Å². The van der Waals surface area contributed by atoms with Crippen LogP contribution in [0.5, 0.6) is 11.6 Å². The Morgan fingerprint density at radius 1 is 1.00 bits per heavy atom. The van der Waals surface area contributed by atoms with Gasteiger partial charge in [0, 0.05) is 23.5 Å². The van der Waals surface area contributed by atoms with Crippen molar-refractivity contribution in [2.45, 2.75) is 27.2 Å². The minimum Gasteiger partial charge on any atom is -0.438 e. The number of H-pyrrole nitrogens is 1. The van der Waals surface area contributed by atoms with Gasteiger partial charge < -0.3 is 9.72 Å². The normalized spacial score (nSPS) is 10.2. The molecule has 1 aromatic carbocycles. The van der Waals surface area contributed by atoms with Gasteiger partial charge in [-0.1, -0.05) is 26.8 Å². The van der Waals surface area contributed by atoms with Crippen molar-refractivity contribution in [1.82, 2.24) is 19.9 Å². The van der Waals surface area contributed by atoms with Gasteiger partial charge in [-0.15, -0.1) is 0 Å². The lowest BCUT2D eigenvalue weighted by atomic mass is 10.1. The Morgan fingerprint density at radius 3 is 2.68 bits per heavy atom. The summed E-state index contributed by atoms with van der Waals surface area (Å²) in [5, 5.41) is 1.29. The number of hydrogen-bond donors (Lipinski definition) is 1. The summed E-state index contributed by atoms with van der Waals surface area (Å²) in [6.07, 6.45) is 5.63. The molecule has 4 aromatic rings. The first-order valence-corrected chi connectivity index (χ1v) is 9.31. The molecule has 0 atom stereocenters. The zero-order valence-corrected chi connectivity index (χ0v) is 16.1. The number of aromatic amines is 1. The zero-order chi connectivity index (χ0) is 19.9. The van der Waals surface area contributed by atoms with E-state index in [0.717, 1.165) is 28.8 Å². The summed E-state index contributed by atoms with van der Waals surface area (Å²) in [4.78, 5) is 27.6. The molecule has 0 fully saturated rings. The molecule has 0 saturated carbocycles. The second kappa shape index (κ2) is 8.90. The van der Waals surface area contributed by atoms with Gasteiger partial charge in [-0.25, -0.2) is 15.0 Å². The average Bonchev–Trinajstić information content (AvgIpc) is 2.76. The van der Waals surface area contributed by atoms with E-state index in [4.69, 9.17) is 4.74 Å². The molecule has 4 rings (SSSR count). The Hall–Kier alpha value is -3.54. The van der Waals surface area contributed by atoms with Crippen LogP contribution >= 0.6 is 0 Å². The maximum atomic E-state index is 12.0. The number of pyridine rings is 2. The summed E-state index contributed by atoms with van der Waals surface area (Å²) in [7, 11) is 0. The van der Waals surface area contributed by atoms with Crippen LogP contribution in [0.2, 0.25) is 0 Å². The molecule has 142 valence electrons. The third kappa shape index (κ3) is 3.91. The second-order valence-corrected chi connectivity index (χ2v) is 5.73. The van der Waals surface area contributed by atoms with Crippen LogP contribution in [0.4, 0.5) is 0 Å². The number of benzene rings is 1. The molecule has 0 saturated heterocycles. The molecular formula is C22H22N4O2. The molecule has 3 heterocycles. The van der Waals surface area contributed by atoms with Crippen molar-refractivity contribution in [2.24, 2.45) is 0 Å². The first-order chi connectivity index (χ1) is 13.8. The summed E-state index contributed by atoms with van der Waals surface area (Å²) in [5.74, 6) is 0.999. The van der Waals surface area contributed by atoms with E-state index < -0.39 is 0 Å². The Labute approximate surface area is 163 Å². The van der Waals surface area contributed by atoms with Crippen molar-refractivity contribution in [2.75, 3.05) is 0 Å². The number of rotatable bonds is 4. The summed E-state index contributed by atoms with van der Waals surface area (Å²) in [5.41, 5.74) is 2.31. The van der Waals surface area contributed by atoms with Gasteiger partial charge in [0.1, 0.15) is 12.1 Å². The van der Waals surface area contributed by atoms with Crippen LogP contribution in [0.15, 0.2) is 66.0 Å². The molecule has 0 bridgehead atoms. The van der Waals surface area contributed by atoms with Crippen LogP contribution < -0.4 is 10.3 Å². The van der Waals surface area contributed by atoms with E-state index in [2.05, 4.69) is 19.9 Å². The van der Waals surface area contributed by atoms with E-state index in [1.165, 1.54) is 0 Å². The quantitative estimate of drug-likeness (QED) is 0.557. The van der Waals surface area contributed by atoms with Gasteiger partial charge in [-0.05, 0) is 42.8 Å². The Balaban J connectivity index is 0.00000109. The fraction of sp³-hybridized carbons (Fsp3) is 0.182. The van der Waals surface area contributed by atoms with Crippen LogP contribution in [0.3, 0.4) is 0 Å². The van der Waals surface area contributed by atoms with E-state index in [1.807, 2.05) is 51.1 Å². The molecule has 0 amide bonds. The smallest absolute Gasteiger partial charge is 0.255 e. The standard InChI is InChI=1S/C20H16N4O2.C2H6/c1-2-13-11-17(24-12-23-13)16-6-4-9-22-20(16)26-18-7-3-5-15-14(18)8-10-21-19(15)25;1-2/h3-12H,2H2,1H3,(H,21,25);1-2H3. The van der Waals surface area contributed by atoms with Gasteiger partial charge in [-0.2, -0.15) is 0 Å². The fourth-order valence-corrected chi connectivity index (χ4v) is 2.79. The van der Waals surface area contributed by atoms with Crippen molar-refractivity contribution in [3.8, 4) is 22.9 Å². The summed E-state index contributed by atoms with van der Waals surface area (Å²) >= 11 is 0. The van der Waals surface area contributed by atoms with Crippen molar-refractivity contribution in [3.63, 3.8) is 0 Å². The summed E-state index contributed by atoms with van der Waals surface area (Å²) in [6, 6.07) is 12.9. The molecule has 0 aliphatic heterocycles. The molecule has 1 N–H and O–H groups in total. The van der Waals surface area contributed by atoms with Crippen molar-refractivity contribution < 1.29 is 4.74 Å². The highest BCUT2D eigenvalue weighted by Crippen LogP contribution is 2.33. The highest BCUT2D eigenvalue weighted by Gasteiger charge is 2.13. The predicted octanol–water partition coefficient (Wildman–Crippen LogP) is 4.76. The lowest BCUT2D eigenvalue weighted by molar-refractivity contribution is 0.470. The number of aromatic nitrogens is 4. The average molecular weight is 374 g/mol. The van der Waals surface area contributed by atoms with Gasteiger partial charge >= 0.3 is 0 Å². The SMILES string of the molecule is CC.CCc1cc(-c2cccnc2Oc2cccc3c(=O)[nH]ccc23)ncn1. The Morgan fingerprint density at radius 2 is 1.86 bits per heavy atom. The molecule has 0 aliphatic carbocycles. The van der Waals surface area contributed by atoms with E-state index in [-0.39, 0.29) is 5.56 Å². The monoisotopic (exact) mass is 374 g/mol. The molecule has 0 aliphatic rings. The minimum absolute atomic E-state index is 0.155. The van der Waals surface area contributed by atoms with E-state index in [9.17, 15) is 4.79 Å². The van der Waals surface area contributed by atoms with E-state index in [1.54, 1.807) is 30.9 Å². The Bertz CT molecular complexity index is 1140. The number of nitrogens with one attached hydrogen (secondary N) is 1. The van der Waals surface area contributed by atoms with Crippen LogP contribution in [-0.4, -0.2) is 19.9 Å². The highest BCUT2D eigenvalue weighted by atomic mass is 16.5. The fourth-order valence-electron chi connectivity index (χ4n) is 2.79. The first kappa shape index (κ1) is 19.2. The largest absolute Gasteiger partial charge is 0.438 e. The number of aryl methyl sites for hydroxylation is 1. The minimum atomic E-state index is -0.155. The van der Waals surface area contributed by atoms with Gasteiger partial charge in [0.2, 0.25) is 5.88 Å². The lowest BCUT2D eigenvalue weighted by Crippen LogP contribution is -2.04. The molecule has 0 radical (unpaired) electrons. The third-order valence-corrected chi connectivity index (χ3v) is 4.11. The number of nitrogens with zero attached hydrogens (tertiary/aromatic N) is 3. The summed E-state index contributed by atoms with van der Waals surface area (Å²) < 4.78 is 6.08. The zero-order valence-electron chi connectivity index (χ0n) is 16.1. The number of ether oxygens (including phenoxy) is 1.